The minimum atomic E-state index is -4.42. The lowest BCUT2D eigenvalue weighted by Gasteiger charge is -2.50. The number of carbonyl (C=O) groups excluding carboxylic acids is 1. The number of piperazine rings is 1. The summed E-state index contributed by atoms with van der Waals surface area (Å²) in [6.45, 7) is 3.76. The van der Waals surface area contributed by atoms with Gasteiger partial charge in [0, 0.05) is 50.8 Å². The molecule has 7 nitrogen and oxygen atoms in total. The molecule has 2 saturated heterocycles. The molecule has 3 aliphatic heterocycles. The molecule has 2 fully saturated rings. The maximum absolute atomic E-state index is 13.5. The summed E-state index contributed by atoms with van der Waals surface area (Å²) in [5.41, 5.74) is 0.689. The maximum Gasteiger partial charge on any atom is 0.416 e. The lowest BCUT2D eigenvalue weighted by Crippen LogP contribution is -2.62. The largest absolute Gasteiger partial charge is 0.416 e. The van der Waals surface area contributed by atoms with Crippen molar-refractivity contribution in [3.63, 3.8) is 0 Å². The highest BCUT2D eigenvalue weighted by molar-refractivity contribution is 5.82. The van der Waals surface area contributed by atoms with Gasteiger partial charge in [-0.3, -0.25) is 9.78 Å². The zero-order valence-corrected chi connectivity index (χ0v) is 17.5. The van der Waals surface area contributed by atoms with Crippen molar-refractivity contribution in [3.8, 4) is 0 Å². The number of halogens is 3. The van der Waals surface area contributed by atoms with Crippen LogP contribution in [0.5, 0.6) is 0 Å². The second-order valence-electron chi connectivity index (χ2n) is 8.36. The first-order chi connectivity index (χ1) is 15.4. The van der Waals surface area contributed by atoms with Gasteiger partial charge in [0.1, 0.15) is 5.82 Å². The normalized spacial score (nSPS) is 23.5. The van der Waals surface area contributed by atoms with Crippen molar-refractivity contribution in [3.05, 3.63) is 47.9 Å². The molecule has 0 spiro atoms. The molecule has 1 amide bonds. The number of ether oxygens (including phenoxy) is 1. The molecule has 0 aliphatic carbocycles. The van der Waals surface area contributed by atoms with E-state index < -0.39 is 17.7 Å². The first-order valence-electron chi connectivity index (χ1n) is 10.8. The molecule has 5 rings (SSSR count). The molecule has 2 unspecified atom stereocenters. The summed E-state index contributed by atoms with van der Waals surface area (Å²) in [5, 5.41) is 0. The fourth-order valence-electron chi connectivity index (χ4n) is 4.96. The monoisotopic (exact) mass is 447 g/mol. The first kappa shape index (κ1) is 21.0. The van der Waals surface area contributed by atoms with Gasteiger partial charge in [-0.2, -0.15) is 13.2 Å². The first-order valence-corrected chi connectivity index (χ1v) is 10.8. The lowest BCUT2D eigenvalue weighted by atomic mass is 9.82. The highest BCUT2D eigenvalue weighted by atomic mass is 19.4. The van der Waals surface area contributed by atoms with E-state index in [2.05, 4.69) is 19.8 Å². The average molecular weight is 447 g/mol. The van der Waals surface area contributed by atoms with Crippen LogP contribution in [0.3, 0.4) is 0 Å². The van der Waals surface area contributed by atoms with Crippen molar-refractivity contribution in [2.24, 2.45) is 5.92 Å². The molecular formula is C22H24F3N5O2. The third kappa shape index (κ3) is 3.87. The van der Waals surface area contributed by atoms with Crippen molar-refractivity contribution >= 4 is 17.4 Å². The van der Waals surface area contributed by atoms with E-state index in [0.29, 0.717) is 51.5 Å². The number of hydrogen-bond acceptors (Lipinski definition) is 6. The zero-order valence-electron chi connectivity index (χ0n) is 17.5. The highest BCUT2D eigenvalue weighted by Crippen LogP contribution is 2.40. The molecule has 2 atom stereocenters. The Kier molecular flexibility index (Phi) is 5.40. The van der Waals surface area contributed by atoms with Crippen molar-refractivity contribution in [1.82, 2.24) is 14.9 Å². The fourth-order valence-corrected chi connectivity index (χ4v) is 4.96. The van der Waals surface area contributed by atoms with Crippen molar-refractivity contribution < 1.29 is 22.7 Å². The van der Waals surface area contributed by atoms with Gasteiger partial charge in [0.2, 0.25) is 5.91 Å². The Bertz CT molecular complexity index is 981. The van der Waals surface area contributed by atoms with E-state index in [-0.39, 0.29) is 18.4 Å². The van der Waals surface area contributed by atoms with Crippen molar-refractivity contribution in [2.45, 2.75) is 18.6 Å². The Morgan fingerprint density at radius 2 is 1.91 bits per heavy atom. The van der Waals surface area contributed by atoms with Crippen LogP contribution in [0.4, 0.5) is 24.7 Å². The Morgan fingerprint density at radius 3 is 2.62 bits per heavy atom. The Labute approximate surface area is 183 Å². The molecule has 0 radical (unpaired) electrons. The van der Waals surface area contributed by atoms with Crippen LogP contribution >= 0.6 is 0 Å². The number of carbonyl (C=O) groups is 1. The predicted octanol–water partition coefficient (Wildman–Crippen LogP) is 2.22. The molecule has 32 heavy (non-hydrogen) atoms. The van der Waals surface area contributed by atoms with Crippen molar-refractivity contribution in [1.29, 1.82) is 0 Å². The van der Waals surface area contributed by atoms with E-state index >= 15 is 0 Å². The SMILES string of the molecule is O=C(C1Cc2cc(C(F)(F)F)ccc2N2CCN(c3cnccn3)CC12)N1CCOCC1. The van der Waals surface area contributed by atoms with E-state index in [1.165, 1.54) is 6.07 Å². The molecule has 10 heteroatoms. The maximum atomic E-state index is 13.5. The molecule has 1 aromatic carbocycles. The summed E-state index contributed by atoms with van der Waals surface area (Å²) in [4.78, 5) is 28.0. The van der Waals surface area contributed by atoms with Gasteiger partial charge in [-0.1, -0.05) is 0 Å². The third-order valence-electron chi connectivity index (χ3n) is 6.55. The molecule has 0 bridgehead atoms. The van der Waals surface area contributed by atoms with Gasteiger partial charge in [-0.15, -0.1) is 0 Å². The number of morpholine rings is 1. The molecular weight excluding hydrogens is 423 g/mol. The van der Waals surface area contributed by atoms with Crippen LogP contribution in [0.2, 0.25) is 0 Å². The van der Waals surface area contributed by atoms with Crippen LogP contribution in [0.1, 0.15) is 11.1 Å². The van der Waals surface area contributed by atoms with E-state index in [4.69, 9.17) is 4.74 Å². The van der Waals surface area contributed by atoms with Crippen LogP contribution < -0.4 is 9.80 Å². The smallest absolute Gasteiger partial charge is 0.378 e. The van der Waals surface area contributed by atoms with Crippen LogP contribution in [0, 0.1) is 5.92 Å². The van der Waals surface area contributed by atoms with Gasteiger partial charge in [0.05, 0.1) is 36.9 Å². The summed E-state index contributed by atoms with van der Waals surface area (Å²) < 4.78 is 45.4. The molecule has 0 saturated carbocycles. The average Bonchev–Trinajstić information content (AvgIpc) is 2.83. The van der Waals surface area contributed by atoms with Gasteiger partial charge >= 0.3 is 6.18 Å². The summed E-state index contributed by atoms with van der Waals surface area (Å²) in [6.07, 6.45) is 0.804. The van der Waals surface area contributed by atoms with Gasteiger partial charge in [0.15, 0.2) is 0 Å². The standard InChI is InChI=1S/C22H24F3N5O2/c23-22(24,25)16-1-2-18-15(11-16)12-17(21(31)28-7-9-32-10-8-28)19-14-29(5-6-30(18)19)20-13-26-3-4-27-20/h1-4,11,13,17,19H,5-10,12,14H2. The fraction of sp³-hybridized carbons (Fsp3) is 0.500. The quantitative estimate of drug-likeness (QED) is 0.704. The number of aromatic nitrogens is 2. The summed E-state index contributed by atoms with van der Waals surface area (Å²) in [5.74, 6) is 0.277. The summed E-state index contributed by atoms with van der Waals surface area (Å²) in [7, 11) is 0. The second-order valence-corrected chi connectivity index (χ2v) is 8.36. The molecule has 1 aromatic heterocycles. The Morgan fingerprint density at radius 1 is 1.09 bits per heavy atom. The van der Waals surface area contributed by atoms with Gasteiger partial charge in [0.25, 0.3) is 0 Å². The molecule has 2 aromatic rings. The van der Waals surface area contributed by atoms with Crippen LogP contribution in [0.15, 0.2) is 36.8 Å². The van der Waals surface area contributed by atoms with E-state index in [0.717, 1.165) is 17.6 Å². The number of anilines is 2. The van der Waals surface area contributed by atoms with E-state index in [9.17, 15) is 18.0 Å². The van der Waals surface area contributed by atoms with Gasteiger partial charge in [-0.05, 0) is 30.2 Å². The number of amides is 1. The van der Waals surface area contributed by atoms with Crippen LogP contribution in [0.25, 0.3) is 0 Å². The van der Waals surface area contributed by atoms with Crippen LogP contribution in [-0.4, -0.2) is 72.8 Å². The molecule has 0 N–H and O–H groups in total. The van der Waals surface area contributed by atoms with Gasteiger partial charge in [-0.25, -0.2) is 4.98 Å². The van der Waals surface area contributed by atoms with Crippen LogP contribution in [-0.2, 0) is 22.1 Å². The number of fused-ring (bicyclic) bond motifs is 3. The number of benzene rings is 1. The lowest BCUT2D eigenvalue weighted by molar-refractivity contribution is -0.140. The van der Waals surface area contributed by atoms with Gasteiger partial charge < -0.3 is 19.4 Å². The second kappa shape index (κ2) is 8.23. The number of hydrogen-bond donors (Lipinski definition) is 0. The Hall–Kier alpha value is -2.88. The molecule has 170 valence electrons. The third-order valence-corrected chi connectivity index (χ3v) is 6.55. The predicted molar refractivity (Wildman–Crippen MR) is 111 cm³/mol. The number of rotatable bonds is 2. The summed E-state index contributed by atoms with van der Waals surface area (Å²) >= 11 is 0. The zero-order chi connectivity index (χ0) is 22.3. The van der Waals surface area contributed by atoms with E-state index in [1.807, 2.05) is 0 Å². The van der Waals surface area contributed by atoms with Crippen molar-refractivity contribution in [2.75, 3.05) is 55.7 Å². The Balaban J connectivity index is 1.49. The minimum Gasteiger partial charge on any atom is -0.378 e. The topological polar surface area (TPSA) is 61.8 Å². The van der Waals surface area contributed by atoms with E-state index in [1.54, 1.807) is 29.6 Å². The number of nitrogens with zero attached hydrogens (tertiary/aromatic N) is 5. The minimum absolute atomic E-state index is 0.0210. The molecule has 3 aliphatic rings. The number of alkyl halides is 3. The molecule has 4 heterocycles. The highest BCUT2D eigenvalue weighted by Gasteiger charge is 2.44. The summed E-state index contributed by atoms with van der Waals surface area (Å²) in [6, 6.07) is 3.73.